The fourth-order valence-corrected chi connectivity index (χ4v) is 2.69. The highest BCUT2D eigenvalue weighted by molar-refractivity contribution is 5.46. The Hall–Kier alpha value is -2.65. The molecule has 3 heterocycles. The Labute approximate surface area is 142 Å². The van der Waals surface area contributed by atoms with E-state index in [-0.39, 0.29) is 12.5 Å². The summed E-state index contributed by atoms with van der Waals surface area (Å²) in [6.07, 6.45) is 0.781. The smallest absolute Gasteiger partial charge is 0.333 e. The number of hydrogen-bond acceptors (Lipinski definition) is 4. The summed E-state index contributed by atoms with van der Waals surface area (Å²) in [5, 5.41) is 12.1. The largest absolute Gasteiger partial charge is 0.433 e. The van der Waals surface area contributed by atoms with E-state index in [4.69, 9.17) is 0 Å². The second kappa shape index (κ2) is 6.34. The molecule has 0 aliphatic heterocycles. The molecule has 0 aliphatic carbocycles. The first kappa shape index (κ1) is 17.2. The molecule has 7 nitrogen and oxygen atoms in total. The van der Waals surface area contributed by atoms with Crippen molar-refractivity contribution in [2.45, 2.75) is 33.1 Å². The van der Waals surface area contributed by atoms with E-state index in [0.29, 0.717) is 23.8 Å². The Bertz CT molecular complexity index is 859. The summed E-state index contributed by atoms with van der Waals surface area (Å²) in [4.78, 5) is 4.20. The van der Waals surface area contributed by atoms with Gasteiger partial charge >= 0.3 is 6.18 Å². The van der Waals surface area contributed by atoms with E-state index < -0.39 is 11.9 Å². The maximum Gasteiger partial charge on any atom is 0.433 e. The molecule has 0 N–H and O–H groups in total. The van der Waals surface area contributed by atoms with E-state index in [2.05, 4.69) is 20.4 Å². The van der Waals surface area contributed by atoms with Gasteiger partial charge in [0.25, 0.3) is 0 Å². The van der Waals surface area contributed by atoms with Crippen LogP contribution < -0.4 is 0 Å². The summed E-state index contributed by atoms with van der Waals surface area (Å²) >= 11 is 0. The first-order valence-corrected chi connectivity index (χ1v) is 7.73. The standard InChI is InChI=1S/C15H18F3N7/c1-10(8-25-13(15(16,17)18)6-11(2)21-25)7-24-9-12(20-22-24)14-19-4-5-23(14)3/h4-6,9-10H,7-8H2,1-3H3/t10-/m0/s1. The molecule has 10 heteroatoms. The summed E-state index contributed by atoms with van der Waals surface area (Å²) in [7, 11) is 1.85. The molecular weight excluding hydrogens is 335 g/mol. The zero-order valence-electron chi connectivity index (χ0n) is 14.1. The van der Waals surface area contributed by atoms with E-state index in [0.717, 1.165) is 10.7 Å². The van der Waals surface area contributed by atoms with Crippen LogP contribution >= 0.6 is 0 Å². The first-order chi connectivity index (χ1) is 11.7. The summed E-state index contributed by atoms with van der Waals surface area (Å²) in [5.74, 6) is 0.567. The SMILES string of the molecule is Cc1cc(C(F)(F)F)n(C[C@@H](C)Cn2cc(-c3nccn3C)nn2)n1. The lowest BCUT2D eigenvalue weighted by atomic mass is 10.2. The highest BCUT2D eigenvalue weighted by atomic mass is 19.4. The molecule has 1 atom stereocenters. The Morgan fingerprint density at radius 3 is 2.64 bits per heavy atom. The van der Waals surface area contributed by atoms with Crippen LogP contribution in [-0.2, 0) is 26.3 Å². The molecule has 134 valence electrons. The normalized spacial score (nSPS) is 13.4. The third kappa shape index (κ3) is 3.72. The van der Waals surface area contributed by atoms with Crippen LogP contribution in [0.5, 0.6) is 0 Å². The van der Waals surface area contributed by atoms with Crippen LogP contribution in [0.3, 0.4) is 0 Å². The van der Waals surface area contributed by atoms with Crippen LogP contribution in [-0.4, -0.2) is 34.3 Å². The van der Waals surface area contributed by atoms with Gasteiger partial charge in [0.2, 0.25) is 0 Å². The van der Waals surface area contributed by atoms with Gasteiger partial charge < -0.3 is 4.57 Å². The van der Waals surface area contributed by atoms with Gasteiger partial charge in [-0.15, -0.1) is 5.10 Å². The zero-order valence-corrected chi connectivity index (χ0v) is 14.1. The predicted molar refractivity (Wildman–Crippen MR) is 83.4 cm³/mol. The minimum Gasteiger partial charge on any atom is -0.333 e. The molecule has 25 heavy (non-hydrogen) atoms. The van der Waals surface area contributed by atoms with Crippen LogP contribution in [0.1, 0.15) is 18.3 Å². The molecule has 0 saturated carbocycles. The fourth-order valence-electron chi connectivity index (χ4n) is 2.69. The van der Waals surface area contributed by atoms with Crippen LogP contribution in [0.15, 0.2) is 24.7 Å². The summed E-state index contributed by atoms with van der Waals surface area (Å²) in [5.41, 5.74) is 0.229. The molecule has 0 spiro atoms. The number of nitrogens with zero attached hydrogens (tertiary/aromatic N) is 7. The van der Waals surface area contributed by atoms with Crippen molar-refractivity contribution in [1.29, 1.82) is 0 Å². The van der Waals surface area contributed by atoms with Crippen molar-refractivity contribution in [1.82, 2.24) is 34.3 Å². The van der Waals surface area contributed by atoms with Gasteiger partial charge in [0, 0.05) is 32.5 Å². The molecular formula is C15H18F3N7. The van der Waals surface area contributed by atoms with Crippen molar-refractivity contribution < 1.29 is 13.2 Å². The minimum atomic E-state index is -4.42. The zero-order chi connectivity index (χ0) is 18.2. The van der Waals surface area contributed by atoms with Crippen LogP contribution in [0, 0.1) is 12.8 Å². The van der Waals surface area contributed by atoms with Crippen LogP contribution in [0.2, 0.25) is 0 Å². The van der Waals surface area contributed by atoms with Crippen LogP contribution in [0.25, 0.3) is 11.5 Å². The van der Waals surface area contributed by atoms with E-state index >= 15 is 0 Å². The molecule has 0 bridgehead atoms. The molecule has 3 aromatic rings. The summed E-state index contributed by atoms with van der Waals surface area (Å²) < 4.78 is 43.6. The summed E-state index contributed by atoms with van der Waals surface area (Å²) in [6, 6.07) is 1.06. The average Bonchev–Trinajstić information content (AvgIpc) is 3.19. The van der Waals surface area contributed by atoms with E-state index in [1.807, 2.05) is 18.5 Å². The van der Waals surface area contributed by atoms with Crippen LogP contribution in [0.4, 0.5) is 13.2 Å². The molecule has 0 aliphatic rings. The third-order valence-electron chi connectivity index (χ3n) is 3.76. The van der Waals surface area contributed by atoms with Gasteiger partial charge in [-0.3, -0.25) is 9.36 Å². The number of hydrogen-bond donors (Lipinski definition) is 0. The monoisotopic (exact) mass is 353 g/mol. The van der Waals surface area contributed by atoms with Gasteiger partial charge in [-0.25, -0.2) is 4.98 Å². The number of aryl methyl sites for hydroxylation is 2. The van der Waals surface area contributed by atoms with Gasteiger partial charge in [-0.1, -0.05) is 12.1 Å². The lowest BCUT2D eigenvalue weighted by Gasteiger charge is -2.15. The quantitative estimate of drug-likeness (QED) is 0.707. The maximum absolute atomic E-state index is 13.0. The third-order valence-corrected chi connectivity index (χ3v) is 3.76. The highest BCUT2D eigenvalue weighted by Crippen LogP contribution is 2.30. The van der Waals surface area contributed by atoms with Crippen molar-refractivity contribution >= 4 is 0 Å². The molecule has 3 aromatic heterocycles. The Kier molecular flexibility index (Phi) is 4.36. The van der Waals surface area contributed by atoms with Crippen molar-refractivity contribution in [2.24, 2.45) is 13.0 Å². The number of alkyl halides is 3. The lowest BCUT2D eigenvalue weighted by Crippen LogP contribution is -2.20. The number of rotatable bonds is 5. The topological polar surface area (TPSA) is 66.3 Å². The maximum atomic E-state index is 13.0. The van der Waals surface area contributed by atoms with Crippen molar-refractivity contribution in [3.8, 4) is 11.5 Å². The molecule has 0 fully saturated rings. The number of aromatic nitrogens is 7. The fraction of sp³-hybridized carbons (Fsp3) is 0.467. The second-order valence-electron chi connectivity index (χ2n) is 6.14. The molecule has 0 unspecified atom stereocenters. The highest BCUT2D eigenvalue weighted by Gasteiger charge is 2.35. The average molecular weight is 353 g/mol. The van der Waals surface area contributed by atoms with Crippen molar-refractivity contribution in [3.63, 3.8) is 0 Å². The van der Waals surface area contributed by atoms with Gasteiger partial charge in [-0.2, -0.15) is 18.3 Å². The number of halogens is 3. The van der Waals surface area contributed by atoms with Crippen molar-refractivity contribution in [2.75, 3.05) is 0 Å². The number of imidazole rings is 1. The van der Waals surface area contributed by atoms with Gasteiger partial charge in [0.1, 0.15) is 11.4 Å². The van der Waals surface area contributed by atoms with E-state index in [1.165, 1.54) is 0 Å². The molecule has 0 aromatic carbocycles. The van der Waals surface area contributed by atoms with E-state index in [9.17, 15) is 13.2 Å². The predicted octanol–water partition coefficient (Wildman–Crippen LogP) is 2.54. The Morgan fingerprint density at radius 1 is 1.24 bits per heavy atom. The lowest BCUT2D eigenvalue weighted by molar-refractivity contribution is -0.144. The van der Waals surface area contributed by atoms with Crippen molar-refractivity contribution in [3.05, 3.63) is 36.0 Å². The summed E-state index contributed by atoms with van der Waals surface area (Å²) in [6.45, 7) is 3.96. The minimum absolute atomic E-state index is 0.115. The molecule has 0 saturated heterocycles. The second-order valence-corrected chi connectivity index (χ2v) is 6.14. The Morgan fingerprint density at radius 2 is 2.00 bits per heavy atom. The van der Waals surface area contributed by atoms with E-state index in [1.54, 1.807) is 30.2 Å². The molecule has 0 amide bonds. The Balaban J connectivity index is 1.71. The van der Waals surface area contributed by atoms with Gasteiger partial charge in [-0.05, 0) is 18.9 Å². The molecule has 3 rings (SSSR count). The van der Waals surface area contributed by atoms with Gasteiger partial charge in [0.15, 0.2) is 5.82 Å². The first-order valence-electron chi connectivity index (χ1n) is 7.73. The molecule has 0 radical (unpaired) electrons. The van der Waals surface area contributed by atoms with Gasteiger partial charge in [0.05, 0.1) is 11.9 Å².